The highest BCUT2D eigenvalue weighted by Gasteiger charge is 2.35. The number of methoxy groups -OCH3 is 2. The highest BCUT2D eigenvalue weighted by atomic mass is 16.5. The largest absolute Gasteiger partial charge is 0.504 e. The molecule has 0 spiro atoms. The van der Waals surface area contributed by atoms with Gasteiger partial charge in [-0.2, -0.15) is 0 Å². The van der Waals surface area contributed by atoms with Crippen molar-refractivity contribution in [2.24, 2.45) is 11.8 Å². The van der Waals surface area contributed by atoms with E-state index in [1.165, 1.54) is 0 Å². The first-order valence-corrected chi connectivity index (χ1v) is 10.9. The van der Waals surface area contributed by atoms with Crippen molar-refractivity contribution in [3.8, 4) is 40.2 Å². The fraction of sp³-hybridized carbons (Fsp3) is 0.458. The minimum absolute atomic E-state index is 0.0365. The van der Waals surface area contributed by atoms with E-state index < -0.39 is 28.7 Å². The van der Waals surface area contributed by atoms with Crippen molar-refractivity contribution in [3.05, 3.63) is 28.8 Å². The van der Waals surface area contributed by atoms with Gasteiger partial charge in [-0.1, -0.05) is 0 Å². The summed E-state index contributed by atoms with van der Waals surface area (Å²) in [6.45, 7) is 1.45. The molecular weight excluding hydrogens is 430 g/mol. The van der Waals surface area contributed by atoms with Crippen molar-refractivity contribution in [2.45, 2.75) is 32.2 Å². The molecule has 9 heteroatoms. The average molecular weight is 459 g/mol. The molecule has 0 amide bonds. The first-order chi connectivity index (χ1) is 15.7. The average Bonchev–Trinajstić information content (AvgIpc) is 3.13. The highest BCUT2D eigenvalue weighted by molar-refractivity contribution is 6.02. The molecule has 1 atom stereocenters. The van der Waals surface area contributed by atoms with E-state index in [9.17, 15) is 30.3 Å². The number of phenolic OH excluding ortho intramolecular Hbond substituents is 5. The quantitative estimate of drug-likeness (QED) is 0.326. The van der Waals surface area contributed by atoms with E-state index in [0.717, 1.165) is 24.8 Å². The maximum absolute atomic E-state index is 13.0. The first kappa shape index (κ1) is 22.8. The smallest absolute Gasteiger partial charge is 0.208 e. The van der Waals surface area contributed by atoms with Gasteiger partial charge in [-0.15, -0.1) is 0 Å². The Morgan fingerprint density at radius 3 is 2.00 bits per heavy atom. The zero-order chi connectivity index (χ0) is 23.9. The van der Waals surface area contributed by atoms with Crippen molar-refractivity contribution in [1.82, 2.24) is 4.90 Å². The van der Waals surface area contributed by atoms with Crippen LogP contribution < -0.4 is 9.47 Å². The molecule has 1 unspecified atom stereocenters. The second kappa shape index (κ2) is 8.90. The van der Waals surface area contributed by atoms with E-state index in [1.807, 2.05) is 11.0 Å². The van der Waals surface area contributed by atoms with Crippen LogP contribution in [0.5, 0.6) is 40.2 Å². The molecule has 2 aliphatic rings. The molecule has 4 rings (SSSR count). The summed E-state index contributed by atoms with van der Waals surface area (Å²) >= 11 is 0. The van der Waals surface area contributed by atoms with Crippen LogP contribution in [0.4, 0.5) is 0 Å². The molecule has 1 aliphatic heterocycles. The summed E-state index contributed by atoms with van der Waals surface area (Å²) in [5.41, 5.74) is 1.65. The number of Topliss-reactive ketones (excluding diaryl/α,β-unsaturated/α-hetero) is 1. The molecule has 1 fully saturated rings. The van der Waals surface area contributed by atoms with Crippen LogP contribution in [0.25, 0.3) is 0 Å². The topological polar surface area (TPSA) is 140 Å². The van der Waals surface area contributed by atoms with E-state index >= 15 is 0 Å². The number of carbonyl (C=O) groups excluding carboxylic acids is 1. The van der Waals surface area contributed by atoms with Crippen molar-refractivity contribution in [3.63, 3.8) is 0 Å². The van der Waals surface area contributed by atoms with Crippen LogP contribution in [0.1, 0.15) is 40.7 Å². The maximum Gasteiger partial charge on any atom is 0.208 e. The van der Waals surface area contributed by atoms with Crippen LogP contribution >= 0.6 is 0 Å². The van der Waals surface area contributed by atoms with E-state index in [1.54, 1.807) is 20.3 Å². The van der Waals surface area contributed by atoms with E-state index in [0.29, 0.717) is 42.5 Å². The number of piperidine rings is 1. The number of ether oxygens (including phenoxy) is 2. The van der Waals surface area contributed by atoms with Crippen LogP contribution in [-0.2, 0) is 13.0 Å². The second-order valence-corrected chi connectivity index (χ2v) is 8.81. The van der Waals surface area contributed by atoms with E-state index in [4.69, 9.17) is 9.47 Å². The van der Waals surface area contributed by atoms with Gasteiger partial charge in [-0.25, -0.2) is 0 Å². The van der Waals surface area contributed by atoms with Gasteiger partial charge >= 0.3 is 0 Å². The Kier molecular flexibility index (Phi) is 6.16. The third-order valence-corrected chi connectivity index (χ3v) is 6.89. The van der Waals surface area contributed by atoms with Gasteiger partial charge in [0.2, 0.25) is 17.2 Å². The van der Waals surface area contributed by atoms with Gasteiger partial charge in [-0.3, -0.25) is 9.69 Å². The molecule has 2 aromatic rings. The molecule has 0 saturated carbocycles. The SMILES string of the molecule is COc1cc2c(cc1OC)C(=O)C(CC1CCN(Cc3c(O)c(O)c(O)c(O)c3O)CC1)C2. The Balaban J connectivity index is 1.37. The number of nitrogens with zero attached hydrogens (tertiary/aromatic N) is 1. The van der Waals surface area contributed by atoms with Crippen LogP contribution in [-0.4, -0.2) is 63.5 Å². The Morgan fingerprint density at radius 1 is 0.879 bits per heavy atom. The number of benzene rings is 2. The Hall–Kier alpha value is -3.33. The first-order valence-electron chi connectivity index (χ1n) is 10.9. The van der Waals surface area contributed by atoms with Gasteiger partial charge in [0.1, 0.15) is 0 Å². The molecule has 5 N–H and O–H groups in total. The van der Waals surface area contributed by atoms with E-state index in [-0.39, 0.29) is 23.8 Å². The molecule has 1 saturated heterocycles. The summed E-state index contributed by atoms with van der Waals surface area (Å²) < 4.78 is 10.7. The molecule has 2 aromatic carbocycles. The van der Waals surface area contributed by atoms with Crippen LogP contribution in [0.3, 0.4) is 0 Å². The minimum Gasteiger partial charge on any atom is -0.504 e. The van der Waals surface area contributed by atoms with Crippen LogP contribution in [0.15, 0.2) is 12.1 Å². The third-order valence-electron chi connectivity index (χ3n) is 6.89. The third kappa shape index (κ3) is 4.08. The molecule has 0 aromatic heterocycles. The Labute approximate surface area is 191 Å². The highest BCUT2D eigenvalue weighted by Crippen LogP contribution is 2.51. The molecular formula is C24H29NO8. The number of hydrogen-bond donors (Lipinski definition) is 5. The summed E-state index contributed by atoms with van der Waals surface area (Å²) in [5, 5.41) is 49.2. The second-order valence-electron chi connectivity index (χ2n) is 8.81. The monoisotopic (exact) mass is 459 g/mol. The fourth-order valence-corrected chi connectivity index (χ4v) is 4.98. The fourth-order valence-electron chi connectivity index (χ4n) is 4.98. The zero-order valence-corrected chi connectivity index (χ0v) is 18.7. The number of hydrogen-bond acceptors (Lipinski definition) is 9. The number of ketones is 1. The summed E-state index contributed by atoms with van der Waals surface area (Å²) in [6, 6.07) is 3.65. The van der Waals surface area contributed by atoms with Gasteiger partial charge in [0.25, 0.3) is 0 Å². The number of carbonyl (C=O) groups is 1. The van der Waals surface area contributed by atoms with Crippen LogP contribution in [0, 0.1) is 11.8 Å². The van der Waals surface area contributed by atoms with Gasteiger partial charge in [0, 0.05) is 18.0 Å². The number of phenols is 5. The molecule has 33 heavy (non-hydrogen) atoms. The van der Waals surface area contributed by atoms with Gasteiger partial charge in [0.15, 0.2) is 28.8 Å². The lowest BCUT2D eigenvalue weighted by Gasteiger charge is -2.33. The van der Waals surface area contributed by atoms with Crippen molar-refractivity contribution in [2.75, 3.05) is 27.3 Å². The standard InChI is InChI=1S/C24H29NO8/c1-32-17-9-13-8-14(19(26)15(13)10-18(17)33-2)7-12-3-5-25(6-4-12)11-16-20(27)22(29)24(31)23(30)21(16)28/h9-10,12,14,27-31H,3-8,11H2,1-2H3. The lowest BCUT2D eigenvalue weighted by atomic mass is 9.85. The summed E-state index contributed by atoms with van der Waals surface area (Å²) in [5.74, 6) is -2.37. The Morgan fingerprint density at radius 2 is 1.42 bits per heavy atom. The van der Waals surface area contributed by atoms with E-state index in [2.05, 4.69) is 0 Å². The number of aromatic hydroxyl groups is 5. The lowest BCUT2D eigenvalue weighted by molar-refractivity contribution is 0.0894. The number of rotatable bonds is 6. The van der Waals surface area contributed by atoms with Gasteiger partial charge < -0.3 is 35.0 Å². The number of likely N-dealkylation sites (tertiary alicyclic amines) is 1. The molecule has 1 heterocycles. The van der Waals surface area contributed by atoms with Crippen molar-refractivity contribution < 1.29 is 39.8 Å². The summed E-state index contributed by atoms with van der Waals surface area (Å²) in [7, 11) is 3.13. The summed E-state index contributed by atoms with van der Waals surface area (Å²) in [4.78, 5) is 15.0. The Bertz CT molecular complexity index is 1050. The summed E-state index contributed by atoms with van der Waals surface area (Å²) in [6.07, 6.45) is 3.14. The number of fused-ring (bicyclic) bond motifs is 1. The van der Waals surface area contributed by atoms with Crippen LogP contribution in [0.2, 0.25) is 0 Å². The van der Waals surface area contributed by atoms with Crippen molar-refractivity contribution >= 4 is 5.78 Å². The molecule has 1 aliphatic carbocycles. The predicted octanol–water partition coefficient (Wildman–Crippen LogP) is 2.89. The maximum atomic E-state index is 13.0. The lowest BCUT2D eigenvalue weighted by Crippen LogP contribution is -2.34. The molecule has 0 radical (unpaired) electrons. The zero-order valence-electron chi connectivity index (χ0n) is 18.7. The molecule has 178 valence electrons. The normalized spacial score (nSPS) is 19.0. The van der Waals surface area contributed by atoms with Gasteiger partial charge in [0.05, 0.1) is 19.8 Å². The molecule has 0 bridgehead atoms. The molecule has 9 nitrogen and oxygen atoms in total. The predicted molar refractivity (Wildman–Crippen MR) is 118 cm³/mol. The minimum atomic E-state index is -0.954. The van der Waals surface area contributed by atoms with Crippen molar-refractivity contribution in [1.29, 1.82) is 0 Å². The van der Waals surface area contributed by atoms with Gasteiger partial charge in [-0.05, 0) is 62.4 Å².